The van der Waals surface area contributed by atoms with Crippen molar-refractivity contribution in [2.24, 2.45) is 0 Å². The van der Waals surface area contributed by atoms with Gasteiger partial charge in [0.1, 0.15) is 0 Å². The highest BCUT2D eigenvalue weighted by Crippen LogP contribution is 2.23. The zero-order valence-electron chi connectivity index (χ0n) is 12.9. The largest absolute Gasteiger partial charge is 0.392 e. The molecule has 118 valence electrons. The average Bonchev–Trinajstić information content (AvgIpc) is 3.04. The Balaban J connectivity index is 1.71. The smallest absolute Gasteiger partial charge is 0.241 e. The molecule has 1 aliphatic heterocycles. The molecular formula is C16H22N4O2. The van der Waals surface area contributed by atoms with Crippen LogP contribution >= 0.6 is 0 Å². The SMILES string of the molecule is CCC(O)C1CCCCN1Cc1nc(-c2cccnc2)no1. The Morgan fingerprint density at radius 1 is 1.45 bits per heavy atom. The second-order valence-electron chi connectivity index (χ2n) is 5.76. The number of aliphatic hydroxyl groups excluding tert-OH is 1. The van der Waals surface area contributed by atoms with E-state index in [2.05, 4.69) is 20.0 Å². The van der Waals surface area contributed by atoms with E-state index >= 15 is 0 Å². The predicted octanol–water partition coefficient (Wildman–Crippen LogP) is 2.26. The Morgan fingerprint density at radius 3 is 3.14 bits per heavy atom. The van der Waals surface area contributed by atoms with E-state index in [-0.39, 0.29) is 12.1 Å². The number of piperidine rings is 1. The third-order valence-electron chi connectivity index (χ3n) is 4.25. The van der Waals surface area contributed by atoms with Gasteiger partial charge in [0.05, 0.1) is 12.6 Å². The van der Waals surface area contributed by atoms with Crippen LogP contribution in [0.2, 0.25) is 0 Å². The number of nitrogens with zero attached hydrogens (tertiary/aromatic N) is 4. The summed E-state index contributed by atoms with van der Waals surface area (Å²) in [6.45, 7) is 3.58. The van der Waals surface area contributed by atoms with Crippen molar-refractivity contribution >= 4 is 0 Å². The molecule has 6 nitrogen and oxygen atoms in total. The Labute approximate surface area is 130 Å². The molecule has 2 aromatic heterocycles. The summed E-state index contributed by atoms with van der Waals surface area (Å²) < 4.78 is 5.37. The minimum atomic E-state index is -0.291. The van der Waals surface area contributed by atoms with Gasteiger partial charge in [0.25, 0.3) is 0 Å². The molecule has 1 fully saturated rings. The first-order valence-electron chi connectivity index (χ1n) is 7.93. The van der Waals surface area contributed by atoms with Crippen LogP contribution in [0.4, 0.5) is 0 Å². The fraction of sp³-hybridized carbons (Fsp3) is 0.562. The predicted molar refractivity (Wildman–Crippen MR) is 81.9 cm³/mol. The van der Waals surface area contributed by atoms with Crippen molar-refractivity contribution in [2.45, 2.75) is 51.3 Å². The molecule has 0 bridgehead atoms. The first-order valence-corrected chi connectivity index (χ1v) is 7.93. The van der Waals surface area contributed by atoms with Crippen molar-refractivity contribution in [1.29, 1.82) is 0 Å². The molecule has 0 spiro atoms. The number of hydrogen-bond acceptors (Lipinski definition) is 6. The van der Waals surface area contributed by atoms with Gasteiger partial charge in [-0.2, -0.15) is 4.98 Å². The molecule has 0 radical (unpaired) electrons. The molecule has 2 unspecified atom stereocenters. The number of likely N-dealkylation sites (tertiary alicyclic amines) is 1. The van der Waals surface area contributed by atoms with Crippen LogP contribution in [0.5, 0.6) is 0 Å². The first-order chi connectivity index (χ1) is 10.8. The molecule has 2 atom stereocenters. The van der Waals surface area contributed by atoms with Gasteiger partial charge in [-0.25, -0.2) is 0 Å². The third kappa shape index (κ3) is 3.34. The summed E-state index contributed by atoms with van der Waals surface area (Å²) in [7, 11) is 0. The third-order valence-corrected chi connectivity index (χ3v) is 4.25. The monoisotopic (exact) mass is 302 g/mol. The van der Waals surface area contributed by atoms with E-state index in [1.165, 1.54) is 6.42 Å². The molecule has 0 saturated carbocycles. The summed E-state index contributed by atoms with van der Waals surface area (Å²) in [5, 5.41) is 14.2. The zero-order chi connectivity index (χ0) is 15.4. The van der Waals surface area contributed by atoms with Crippen LogP contribution < -0.4 is 0 Å². The van der Waals surface area contributed by atoms with Gasteiger partial charge in [-0.05, 0) is 37.9 Å². The minimum Gasteiger partial charge on any atom is -0.392 e. The van der Waals surface area contributed by atoms with Gasteiger partial charge in [0.2, 0.25) is 11.7 Å². The van der Waals surface area contributed by atoms with E-state index in [0.29, 0.717) is 18.3 Å². The van der Waals surface area contributed by atoms with Crippen LogP contribution in [0.25, 0.3) is 11.4 Å². The van der Waals surface area contributed by atoms with E-state index in [1.54, 1.807) is 12.4 Å². The Morgan fingerprint density at radius 2 is 2.36 bits per heavy atom. The number of pyridine rings is 1. The number of aromatic nitrogens is 3. The highest BCUT2D eigenvalue weighted by atomic mass is 16.5. The lowest BCUT2D eigenvalue weighted by atomic mass is 9.96. The van der Waals surface area contributed by atoms with Crippen molar-refractivity contribution in [3.8, 4) is 11.4 Å². The van der Waals surface area contributed by atoms with E-state index in [0.717, 1.165) is 31.4 Å². The topological polar surface area (TPSA) is 75.3 Å². The van der Waals surface area contributed by atoms with E-state index in [9.17, 15) is 5.11 Å². The van der Waals surface area contributed by atoms with Crippen molar-refractivity contribution < 1.29 is 9.63 Å². The zero-order valence-corrected chi connectivity index (χ0v) is 12.9. The summed E-state index contributed by atoms with van der Waals surface area (Å²) in [5.41, 5.74) is 0.848. The Kier molecular flexibility index (Phi) is 4.80. The van der Waals surface area contributed by atoms with Crippen LogP contribution in [-0.4, -0.2) is 43.8 Å². The molecule has 0 aliphatic carbocycles. The first kappa shape index (κ1) is 15.1. The van der Waals surface area contributed by atoms with Crippen LogP contribution in [0.15, 0.2) is 29.0 Å². The molecule has 2 aromatic rings. The fourth-order valence-electron chi connectivity index (χ4n) is 3.03. The van der Waals surface area contributed by atoms with Crippen molar-refractivity contribution in [1.82, 2.24) is 20.0 Å². The van der Waals surface area contributed by atoms with Gasteiger partial charge in [0.15, 0.2) is 0 Å². The highest BCUT2D eigenvalue weighted by molar-refractivity contribution is 5.51. The standard InChI is InChI=1S/C16H22N4O2/c1-2-14(21)13-7-3-4-9-20(13)11-15-18-16(19-22-15)12-6-5-8-17-10-12/h5-6,8,10,13-14,21H,2-4,7,9,11H2,1H3. The summed E-state index contributed by atoms with van der Waals surface area (Å²) in [6.07, 6.45) is 7.26. The molecule has 6 heteroatoms. The molecule has 1 saturated heterocycles. The number of aliphatic hydroxyl groups is 1. The van der Waals surface area contributed by atoms with Gasteiger partial charge in [-0.15, -0.1) is 0 Å². The molecule has 22 heavy (non-hydrogen) atoms. The van der Waals surface area contributed by atoms with Crippen molar-refractivity contribution in [2.75, 3.05) is 6.54 Å². The van der Waals surface area contributed by atoms with Gasteiger partial charge in [0, 0.05) is 24.0 Å². The fourth-order valence-corrected chi connectivity index (χ4v) is 3.03. The molecule has 0 aromatic carbocycles. The average molecular weight is 302 g/mol. The Hall–Kier alpha value is -1.79. The summed E-state index contributed by atoms with van der Waals surface area (Å²) >= 11 is 0. The molecule has 0 amide bonds. The maximum atomic E-state index is 10.2. The lowest BCUT2D eigenvalue weighted by Gasteiger charge is -2.37. The van der Waals surface area contributed by atoms with Gasteiger partial charge in [-0.1, -0.05) is 18.5 Å². The maximum absolute atomic E-state index is 10.2. The lowest BCUT2D eigenvalue weighted by molar-refractivity contribution is 0.0145. The van der Waals surface area contributed by atoms with Crippen LogP contribution in [0, 0.1) is 0 Å². The second-order valence-corrected chi connectivity index (χ2v) is 5.76. The van der Waals surface area contributed by atoms with Crippen molar-refractivity contribution in [3.63, 3.8) is 0 Å². The van der Waals surface area contributed by atoms with Gasteiger partial charge < -0.3 is 9.63 Å². The molecule has 3 rings (SSSR count). The quantitative estimate of drug-likeness (QED) is 0.913. The normalized spacial score (nSPS) is 20.9. The van der Waals surface area contributed by atoms with Gasteiger partial charge in [-0.3, -0.25) is 9.88 Å². The van der Waals surface area contributed by atoms with Crippen LogP contribution in [0.3, 0.4) is 0 Å². The lowest BCUT2D eigenvalue weighted by Crippen LogP contribution is -2.46. The molecular weight excluding hydrogens is 280 g/mol. The summed E-state index contributed by atoms with van der Waals surface area (Å²) in [4.78, 5) is 10.8. The molecule has 1 N–H and O–H groups in total. The van der Waals surface area contributed by atoms with E-state index in [1.807, 2.05) is 19.1 Å². The number of rotatable bonds is 5. The van der Waals surface area contributed by atoms with Crippen LogP contribution in [0.1, 0.15) is 38.5 Å². The summed E-state index contributed by atoms with van der Waals surface area (Å²) in [6, 6.07) is 3.95. The minimum absolute atomic E-state index is 0.187. The highest BCUT2D eigenvalue weighted by Gasteiger charge is 2.29. The maximum Gasteiger partial charge on any atom is 0.241 e. The molecule has 3 heterocycles. The van der Waals surface area contributed by atoms with Crippen molar-refractivity contribution in [3.05, 3.63) is 30.4 Å². The molecule has 1 aliphatic rings. The van der Waals surface area contributed by atoms with E-state index < -0.39 is 0 Å². The number of hydrogen-bond donors (Lipinski definition) is 1. The summed E-state index contributed by atoms with van der Waals surface area (Å²) in [5.74, 6) is 1.15. The van der Waals surface area contributed by atoms with Crippen LogP contribution in [-0.2, 0) is 6.54 Å². The second kappa shape index (κ2) is 6.98. The van der Waals surface area contributed by atoms with E-state index in [4.69, 9.17) is 4.52 Å². The Bertz CT molecular complexity index is 587. The van der Waals surface area contributed by atoms with Gasteiger partial charge >= 0.3 is 0 Å².